The van der Waals surface area contributed by atoms with Gasteiger partial charge < -0.3 is 0 Å². The van der Waals surface area contributed by atoms with Crippen LogP contribution < -0.4 is 0 Å². The second-order valence-corrected chi connectivity index (χ2v) is 6.05. The second kappa shape index (κ2) is 6.94. The third-order valence-electron chi connectivity index (χ3n) is 4.60. The van der Waals surface area contributed by atoms with Gasteiger partial charge in [-0.25, -0.2) is 0 Å². The molecule has 0 saturated heterocycles. The number of nitro benzene ring substituents is 2. The zero-order valence-corrected chi connectivity index (χ0v) is 14.7. The molecule has 0 amide bonds. The van der Waals surface area contributed by atoms with Gasteiger partial charge in [-0.15, -0.1) is 0 Å². The zero-order valence-electron chi connectivity index (χ0n) is 14.7. The van der Waals surface area contributed by atoms with Crippen molar-refractivity contribution in [2.45, 2.75) is 0 Å². The van der Waals surface area contributed by atoms with Crippen LogP contribution in [0.3, 0.4) is 0 Å². The summed E-state index contributed by atoms with van der Waals surface area (Å²) in [4.78, 5) is 54.1. The minimum Gasteiger partial charge on any atom is -0.286 e. The Hall–Kier alpha value is -5.31. The Bertz CT molecular complexity index is 1320. The fourth-order valence-electron chi connectivity index (χ4n) is 3.48. The molecule has 0 fully saturated rings. The summed E-state index contributed by atoms with van der Waals surface area (Å²) >= 11 is 0. The molecule has 15 nitrogen and oxygen atoms in total. The maximum atomic E-state index is 12.8. The van der Waals surface area contributed by atoms with E-state index in [2.05, 4.69) is 0 Å². The van der Waals surface area contributed by atoms with Crippen molar-refractivity contribution in [2.24, 2.45) is 5.92 Å². The minimum atomic E-state index is -1.98. The smallest absolute Gasteiger partial charge is 0.286 e. The first kappa shape index (κ1) is 20.4. The number of Topliss-reactive ketones (excluding diaryl/α,β-unsaturated/α-hetero) is 1. The van der Waals surface area contributed by atoms with Crippen molar-refractivity contribution >= 4 is 28.3 Å². The van der Waals surface area contributed by atoms with Crippen molar-refractivity contribution in [1.29, 1.82) is 10.5 Å². The van der Waals surface area contributed by atoms with Crippen molar-refractivity contribution in [2.75, 3.05) is 0 Å². The second-order valence-electron chi connectivity index (χ2n) is 6.05. The predicted octanol–water partition coefficient (Wildman–Crippen LogP) is 1.66. The van der Waals surface area contributed by atoms with Crippen molar-refractivity contribution < 1.29 is 24.5 Å². The maximum absolute atomic E-state index is 12.8. The fraction of sp³-hybridized carbons (Fsp3) is 0.0625. The number of carbonyl (C=O) groups excluding carboxylic acids is 1. The quantitative estimate of drug-likeness (QED) is 0.382. The summed E-state index contributed by atoms with van der Waals surface area (Å²) in [5.41, 5.74) is -7.35. The number of hydrogen-bond donors (Lipinski definition) is 0. The van der Waals surface area contributed by atoms with E-state index in [1.165, 1.54) is 12.1 Å². The Morgan fingerprint density at radius 3 is 1.97 bits per heavy atom. The highest BCUT2D eigenvalue weighted by Gasteiger charge is 2.53. The number of nitriles is 2. The van der Waals surface area contributed by atoms with E-state index in [1.807, 2.05) is 0 Å². The van der Waals surface area contributed by atoms with Gasteiger partial charge >= 0.3 is 5.70 Å². The van der Waals surface area contributed by atoms with Crippen LogP contribution in [0.25, 0.3) is 11.1 Å². The lowest BCUT2D eigenvalue weighted by atomic mass is 9.83. The molecule has 0 saturated carbocycles. The first-order chi connectivity index (χ1) is 14.5. The molecule has 0 bridgehead atoms. The van der Waals surface area contributed by atoms with Gasteiger partial charge in [-0.2, -0.15) is 10.5 Å². The zero-order chi connectivity index (χ0) is 23.2. The van der Waals surface area contributed by atoms with Crippen LogP contribution in [0.2, 0.25) is 0 Å². The summed E-state index contributed by atoms with van der Waals surface area (Å²) in [5, 5.41) is 64.3. The lowest BCUT2D eigenvalue weighted by molar-refractivity contribution is -0.431. The first-order valence-corrected chi connectivity index (χ1v) is 7.85. The fourth-order valence-corrected chi connectivity index (χ4v) is 3.48. The Kier molecular flexibility index (Phi) is 4.57. The van der Waals surface area contributed by atoms with Crippen molar-refractivity contribution in [3.05, 3.63) is 86.8 Å². The summed E-state index contributed by atoms with van der Waals surface area (Å²) in [6.45, 7) is 0. The summed E-state index contributed by atoms with van der Waals surface area (Å²) in [7, 11) is 0. The van der Waals surface area contributed by atoms with E-state index in [-0.39, 0.29) is 0 Å². The van der Waals surface area contributed by atoms with Crippen LogP contribution in [0.1, 0.15) is 11.1 Å². The van der Waals surface area contributed by atoms with E-state index in [1.54, 1.807) is 0 Å². The first-order valence-electron chi connectivity index (χ1n) is 7.85. The number of carbonyl (C=O) groups is 1. The van der Waals surface area contributed by atoms with E-state index in [9.17, 15) is 55.8 Å². The average Bonchev–Trinajstić information content (AvgIpc) is 3.03. The van der Waals surface area contributed by atoms with Gasteiger partial charge in [0.15, 0.2) is 0 Å². The molecule has 0 aliphatic heterocycles. The molecule has 0 spiro atoms. The molecule has 1 aromatic carbocycles. The van der Waals surface area contributed by atoms with E-state index in [0.29, 0.717) is 18.2 Å². The number of ketones is 1. The van der Waals surface area contributed by atoms with Gasteiger partial charge in [-0.05, 0) is 0 Å². The topological polar surface area (TPSA) is 237 Å². The molecule has 3 rings (SSSR count). The van der Waals surface area contributed by atoms with Crippen molar-refractivity contribution in [1.82, 2.24) is 0 Å². The molecular weight excluding hydrogens is 420 g/mol. The Labute approximate surface area is 169 Å². The van der Waals surface area contributed by atoms with Crippen LogP contribution in [-0.2, 0) is 4.79 Å². The van der Waals surface area contributed by atoms with Crippen LogP contribution in [-0.4, -0.2) is 25.5 Å². The molecule has 0 heterocycles. The van der Waals surface area contributed by atoms with Crippen molar-refractivity contribution in [3.8, 4) is 12.1 Å². The van der Waals surface area contributed by atoms with Crippen LogP contribution in [0.15, 0.2) is 35.2 Å². The molecule has 2 aliphatic rings. The normalized spacial score (nSPS) is 16.5. The molecule has 0 N–H and O–H groups in total. The average molecular weight is 424 g/mol. The van der Waals surface area contributed by atoms with Gasteiger partial charge in [0.1, 0.15) is 17.7 Å². The molecule has 2 aliphatic carbocycles. The van der Waals surface area contributed by atoms with Gasteiger partial charge in [-0.1, -0.05) is 0 Å². The molecule has 1 unspecified atom stereocenters. The van der Waals surface area contributed by atoms with Crippen LogP contribution in [0, 0.1) is 69.0 Å². The Morgan fingerprint density at radius 2 is 1.52 bits per heavy atom. The van der Waals surface area contributed by atoms with Gasteiger partial charge in [0, 0.05) is 17.2 Å². The Morgan fingerprint density at radius 1 is 0.903 bits per heavy atom. The highest BCUT2D eigenvalue weighted by atomic mass is 16.6. The third-order valence-corrected chi connectivity index (χ3v) is 4.60. The number of benzene rings is 1. The number of fused-ring (bicyclic) bond motifs is 3. The van der Waals surface area contributed by atoms with E-state index in [0.717, 1.165) is 0 Å². The highest BCUT2D eigenvalue weighted by Crippen LogP contribution is 2.55. The van der Waals surface area contributed by atoms with Crippen molar-refractivity contribution in [3.63, 3.8) is 0 Å². The number of hydrogen-bond acceptors (Lipinski definition) is 11. The number of non-ortho nitro benzene ring substituents is 1. The standard InChI is InChI=1S/C16H4N6O9/c17-4-6(5-18)12-8-1-7(19(24)25)2-9(20(26)27)13(8)14-10(21(28)29)3-11(22(30)31)16(23)15(12)14/h1-3,15H. The molecule has 1 aromatic rings. The van der Waals surface area contributed by atoms with Crippen LogP contribution in [0.5, 0.6) is 0 Å². The summed E-state index contributed by atoms with van der Waals surface area (Å²) in [6.07, 6.45) is 0.324. The molecule has 0 radical (unpaired) electrons. The third kappa shape index (κ3) is 2.86. The van der Waals surface area contributed by atoms with Gasteiger partial charge in [0.25, 0.3) is 17.1 Å². The van der Waals surface area contributed by atoms with E-state index < -0.39 is 82.0 Å². The predicted molar refractivity (Wildman–Crippen MR) is 95.4 cm³/mol. The summed E-state index contributed by atoms with van der Waals surface area (Å²) < 4.78 is 0. The number of nitrogens with zero attached hydrogens (tertiary/aromatic N) is 6. The molecule has 31 heavy (non-hydrogen) atoms. The lowest BCUT2D eigenvalue weighted by Crippen LogP contribution is -2.26. The van der Waals surface area contributed by atoms with Crippen LogP contribution >= 0.6 is 0 Å². The molecule has 1 atom stereocenters. The molecule has 15 heteroatoms. The molecular formula is C16H4N6O9. The van der Waals surface area contributed by atoms with E-state index in [4.69, 9.17) is 0 Å². The largest absolute Gasteiger partial charge is 0.319 e. The molecule has 152 valence electrons. The SMILES string of the molecule is N#CC(C#N)=C1c2cc([N+](=O)[O-])cc([N+](=O)[O-])c2C2=C([N+](=O)[O-])C=C([N+](=O)[O-])C(=O)C12. The molecule has 0 aromatic heterocycles. The monoisotopic (exact) mass is 424 g/mol. The summed E-state index contributed by atoms with van der Waals surface area (Å²) in [6, 6.07) is 4.05. The highest BCUT2D eigenvalue weighted by molar-refractivity contribution is 6.19. The van der Waals surface area contributed by atoms with E-state index >= 15 is 0 Å². The minimum absolute atomic E-state index is 0.324. The van der Waals surface area contributed by atoms with Gasteiger partial charge in [0.2, 0.25) is 5.78 Å². The Balaban J connectivity index is 2.65. The summed E-state index contributed by atoms with van der Waals surface area (Å²) in [5.74, 6) is -3.34. The maximum Gasteiger partial charge on any atom is 0.319 e. The number of rotatable bonds is 4. The number of nitro groups is 4. The van der Waals surface area contributed by atoms with Gasteiger partial charge in [-0.3, -0.25) is 45.3 Å². The lowest BCUT2D eigenvalue weighted by Gasteiger charge is -2.15. The number of allylic oxidation sites excluding steroid dienone is 5. The van der Waals surface area contributed by atoms with Crippen LogP contribution in [0.4, 0.5) is 11.4 Å². The van der Waals surface area contributed by atoms with Gasteiger partial charge in [0.05, 0.1) is 48.9 Å².